The van der Waals surface area contributed by atoms with Gasteiger partial charge in [-0.3, -0.25) is 10.1 Å². The summed E-state index contributed by atoms with van der Waals surface area (Å²) in [6.45, 7) is 6.36. The standard InChI is InChI=1S/C14H26N2O/c1-4-8-12-15-14(3,5-2)13(17)16(12)11-9-6-7-10-11/h11-12,15H,4-10H2,1-3H3. The topological polar surface area (TPSA) is 32.3 Å². The van der Waals surface area contributed by atoms with Gasteiger partial charge in [0.2, 0.25) is 5.91 Å². The molecule has 0 radical (unpaired) electrons. The Kier molecular flexibility index (Phi) is 3.76. The van der Waals surface area contributed by atoms with E-state index < -0.39 is 0 Å². The minimum Gasteiger partial charge on any atom is -0.323 e. The summed E-state index contributed by atoms with van der Waals surface area (Å²) < 4.78 is 0. The van der Waals surface area contributed by atoms with Crippen LogP contribution in [0.3, 0.4) is 0 Å². The molecule has 2 unspecified atom stereocenters. The number of nitrogens with zero attached hydrogens (tertiary/aromatic N) is 1. The zero-order valence-electron chi connectivity index (χ0n) is 11.5. The van der Waals surface area contributed by atoms with Gasteiger partial charge >= 0.3 is 0 Å². The van der Waals surface area contributed by atoms with Crippen molar-refractivity contribution in [3.63, 3.8) is 0 Å². The first kappa shape index (κ1) is 12.9. The SMILES string of the molecule is CCCC1NC(C)(CC)C(=O)N1C1CCCC1. The Hall–Kier alpha value is -0.570. The van der Waals surface area contributed by atoms with E-state index >= 15 is 0 Å². The van der Waals surface area contributed by atoms with E-state index in [0.29, 0.717) is 11.9 Å². The van der Waals surface area contributed by atoms with Crippen LogP contribution in [-0.2, 0) is 4.79 Å². The van der Waals surface area contributed by atoms with Gasteiger partial charge in [-0.2, -0.15) is 0 Å². The van der Waals surface area contributed by atoms with Crippen LogP contribution in [0.5, 0.6) is 0 Å². The second kappa shape index (κ2) is 4.97. The first-order valence-corrected chi connectivity index (χ1v) is 7.23. The molecule has 2 rings (SSSR count). The van der Waals surface area contributed by atoms with Crippen LogP contribution in [0.15, 0.2) is 0 Å². The third-order valence-corrected chi connectivity index (χ3v) is 4.51. The van der Waals surface area contributed by atoms with Gasteiger partial charge in [0, 0.05) is 6.04 Å². The van der Waals surface area contributed by atoms with Crippen LogP contribution in [0, 0.1) is 0 Å². The van der Waals surface area contributed by atoms with Crippen molar-refractivity contribution in [3.05, 3.63) is 0 Å². The number of rotatable bonds is 4. The zero-order chi connectivity index (χ0) is 12.5. The van der Waals surface area contributed by atoms with Gasteiger partial charge in [0.1, 0.15) is 0 Å². The van der Waals surface area contributed by atoms with E-state index in [0.717, 1.165) is 19.3 Å². The van der Waals surface area contributed by atoms with Gasteiger partial charge in [-0.25, -0.2) is 0 Å². The normalized spacial score (nSPS) is 34.9. The summed E-state index contributed by atoms with van der Waals surface area (Å²) in [7, 11) is 0. The van der Waals surface area contributed by atoms with Crippen LogP contribution in [0.25, 0.3) is 0 Å². The van der Waals surface area contributed by atoms with E-state index in [1.54, 1.807) is 0 Å². The lowest BCUT2D eigenvalue weighted by molar-refractivity contribution is -0.135. The third-order valence-electron chi connectivity index (χ3n) is 4.51. The molecule has 1 N–H and O–H groups in total. The van der Waals surface area contributed by atoms with E-state index in [2.05, 4.69) is 31.0 Å². The first-order chi connectivity index (χ1) is 8.12. The average Bonchev–Trinajstić information content (AvgIpc) is 2.89. The van der Waals surface area contributed by atoms with Crippen molar-refractivity contribution >= 4 is 5.91 Å². The number of nitrogens with one attached hydrogen (secondary N) is 1. The molecule has 2 fully saturated rings. The van der Waals surface area contributed by atoms with Crippen molar-refractivity contribution in [3.8, 4) is 0 Å². The number of carbonyl (C=O) groups excluding carboxylic acids is 1. The zero-order valence-corrected chi connectivity index (χ0v) is 11.5. The van der Waals surface area contributed by atoms with Crippen molar-refractivity contribution < 1.29 is 4.79 Å². The molecule has 1 aliphatic carbocycles. The molecule has 17 heavy (non-hydrogen) atoms. The van der Waals surface area contributed by atoms with E-state index in [1.165, 1.54) is 25.7 Å². The summed E-state index contributed by atoms with van der Waals surface area (Å²) in [6, 6.07) is 0.500. The van der Waals surface area contributed by atoms with Crippen molar-refractivity contribution in [2.24, 2.45) is 0 Å². The van der Waals surface area contributed by atoms with E-state index in [-0.39, 0.29) is 11.7 Å². The first-order valence-electron chi connectivity index (χ1n) is 7.23. The number of hydrogen-bond acceptors (Lipinski definition) is 2. The van der Waals surface area contributed by atoms with Crippen molar-refractivity contribution in [2.45, 2.75) is 83.5 Å². The number of carbonyl (C=O) groups is 1. The monoisotopic (exact) mass is 238 g/mol. The molecule has 2 aliphatic rings. The summed E-state index contributed by atoms with van der Waals surface area (Å²) in [5, 5.41) is 3.57. The highest BCUT2D eigenvalue weighted by Crippen LogP contribution is 2.33. The maximum Gasteiger partial charge on any atom is 0.244 e. The molecule has 0 aromatic carbocycles. The van der Waals surface area contributed by atoms with Crippen LogP contribution in [0.2, 0.25) is 0 Å². The minimum atomic E-state index is -0.317. The van der Waals surface area contributed by atoms with Crippen LogP contribution in [0.1, 0.15) is 65.7 Å². The van der Waals surface area contributed by atoms with Crippen LogP contribution >= 0.6 is 0 Å². The summed E-state index contributed by atoms with van der Waals surface area (Å²) in [4.78, 5) is 14.8. The number of hydrogen-bond donors (Lipinski definition) is 1. The molecule has 0 spiro atoms. The maximum atomic E-state index is 12.6. The molecule has 1 aliphatic heterocycles. The smallest absolute Gasteiger partial charge is 0.244 e. The number of amides is 1. The maximum absolute atomic E-state index is 12.6. The fourth-order valence-corrected chi connectivity index (χ4v) is 3.27. The Balaban J connectivity index is 2.17. The molecule has 0 aromatic rings. The highest BCUT2D eigenvalue weighted by molar-refractivity contribution is 5.88. The second-order valence-corrected chi connectivity index (χ2v) is 5.79. The van der Waals surface area contributed by atoms with Crippen molar-refractivity contribution in [1.82, 2.24) is 10.2 Å². The van der Waals surface area contributed by atoms with Crippen LogP contribution in [-0.4, -0.2) is 28.6 Å². The highest BCUT2D eigenvalue weighted by atomic mass is 16.2. The third kappa shape index (κ3) is 2.22. The lowest BCUT2D eigenvalue weighted by Gasteiger charge is -2.30. The molecule has 0 aromatic heterocycles. The molecule has 1 heterocycles. The Labute approximate surface area is 105 Å². The average molecular weight is 238 g/mol. The summed E-state index contributed by atoms with van der Waals surface area (Å²) in [6.07, 6.45) is 8.36. The Bertz CT molecular complexity index is 286. The van der Waals surface area contributed by atoms with Gasteiger partial charge in [0.25, 0.3) is 0 Å². The van der Waals surface area contributed by atoms with Crippen LogP contribution < -0.4 is 5.32 Å². The highest BCUT2D eigenvalue weighted by Gasteiger charge is 2.48. The van der Waals surface area contributed by atoms with Gasteiger partial charge in [0.15, 0.2) is 0 Å². The largest absolute Gasteiger partial charge is 0.323 e. The predicted molar refractivity (Wildman–Crippen MR) is 69.6 cm³/mol. The summed E-state index contributed by atoms with van der Waals surface area (Å²) in [5.41, 5.74) is -0.317. The second-order valence-electron chi connectivity index (χ2n) is 5.79. The summed E-state index contributed by atoms with van der Waals surface area (Å²) >= 11 is 0. The molecule has 2 atom stereocenters. The molecule has 1 saturated heterocycles. The lowest BCUT2D eigenvalue weighted by Crippen LogP contribution is -2.44. The van der Waals surface area contributed by atoms with Crippen LogP contribution in [0.4, 0.5) is 0 Å². The van der Waals surface area contributed by atoms with Gasteiger partial charge in [-0.1, -0.05) is 33.1 Å². The molecule has 1 amide bonds. The molecule has 98 valence electrons. The Morgan fingerprint density at radius 3 is 2.53 bits per heavy atom. The van der Waals surface area contributed by atoms with Crippen molar-refractivity contribution in [2.75, 3.05) is 0 Å². The Morgan fingerprint density at radius 1 is 1.35 bits per heavy atom. The molecular weight excluding hydrogens is 212 g/mol. The Morgan fingerprint density at radius 2 is 2.00 bits per heavy atom. The van der Waals surface area contributed by atoms with E-state index in [4.69, 9.17) is 0 Å². The molecule has 3 nitrogen and oxygen atoms in total. The van der Waals surface area contributed by atoms with E-state index in [1.807, 2.05) is 0 Å². The van der Waals surface area contributed by atoms with Gasteiger partial charge in [-0.15, -0.1) is 0 Å². The summed E-state index contributed by atoms with van der Waals surface area (Å²) in [5.74, 6) is 0.338. The lowest BCUT2D eigenvalue weighted by atomic mass is 9.99. The van der Waals surface area contributed by atoms with Crippen molar-refractivity contribution in [1.29, 1.82) is 0 Å². The molecule has 1 saturated carbocycles. The van der Waals surface area contributed by atoms with Gasteiger partial charge < -0.3 is 4.90 Å². The minimum absolute atomic E-state index is 0.278. The van der Waals surface area contributed by atoms with E-state index in [9.17, 15) is 4.79 Å². The quantitative estimate of drug-likeness (QED) is 0.816. The molecule has 3 heteroatoms. The predicted octanol–water partition coefficient (Wildman–Crippen LogP) is 2.66. The fourth-order valence-electron chi connectivity index (χ4n) is 3.27. The fraction of sp³-hybridized carbons (Fsp3) is 0.929. The van der Waals surface area contributed by atoms with Gasteiger partial charge in [-0.05, 0) is 32.6 Å². The van der Waals surface area contributed by atoms with Gasteiger partial charge in [0.05, 0.1) is 11.7 Å². The molecular formula is C14H26N2O. The molecule has 0 bridgehead atoms.